The van der Waals surface area contributed by atoms with Gasteiger partial charge in [0.05, 0.1) is 12.3 Å². The molecule has 0 saturated carbocycles. The number of rotatable bonds is 8. The monoisotopic (exact) mass is 322 g/mol. The summed E-state index contributed by atoms with van der Waals surface area (Å²) >= 11 is 0. The van der Waals surface area contributed by atoms with E-state index in [0.29, 0.717) is 25.1 Å². The number of anilines is 1. The van der Waals surface area contributed by atoms with E-state index in [1.165, 1.54) is 4.90 Å². The number of benzene rings is 1. The lowest BCUT2D eigenvalue weighted by atomic mass is 10.00. The molecule has 1 unspecified atom stereocenters. The van der Waals surface area contributed by atoms with Crippen LogP contribution in [0.3, 0.4) is 0 Å². The summed E-state index contributed by atoms with van der Waals surface area (Å²) in [7, 11) is 1.68. The quantitative estimate of drug-likeness (QED) is 0.628. The molecular formula is C17H26N2O4. The highest BCUT2D eigenvalue weighted by atomic mass is 16.5. The molecule has 1 aliphatic heterocycles. The fourth-order valence-corrected chi connectivity index (χ4v) is 2.67. The number of amides is 1. The molecule has 0 spiro atoms. The average molecular weight is 322 g/mol. The van der Waals surface area contributed by atoms with Gasteiger partial charge in [-0.3, -0.25) is 4.79 Å². The predicted molar refractivity (Wildman–Crippen MR) is 89.1 cm³/mol. The van der Waals surface area contributed by atoms with E-state index in [4.69, 9.17) is 9.84 Å². The zero-order chi connectivity index (χ0) is 16.8. The lowest BCUT2D eigenvalue weighted by molar-refractivity contribution is -0.118. The largest absolute Gasteiger partial charge is 0.506 e. The van der Waals surface area contributed by atoms with E-state index < -0.39 is 0 Å². The summed E-state index contributed by atoms with van der Waals surface area (Å²) in [5.74, 6) is 1.11. The number of carbonyl (C=O) groups excluding carboxylic acids is 1. The minimum atomic E-state index is 0.00662. The zero-order valence-electron chi connectivity index (χ0n) is 13.8. The second-order valence-corrected chi connectivity index (χ2v) is 6.06. The Morgan fingerprint density at radius 1 is 1.39 bits per heavy atom. The fraction of sp³-hybridized carbons (Fsp3) is 0.588. The lowest BCUT2D eigenvalue weighted by Crippen LogP contribution is -2.31. The Kier molecular flexibility index (Phi) is 6.24. The van der Waals surface area contributed by atoms with E-state index in [1.807, 2.05) is 6.92 Å². The van der Waals surface area contributed by atoms with Crippen LogP contribution >= 0.6 is 0 Å². The summed E-state index contributed by atoms with van der Waals surface area (Å²) < 4.78 is 5.84. The molecule has 0 bridgehead atoms. The molecule has 0 aliphatic carbocycles. The third kappa shape index (κ3) is 4.36. The van der Waals surface area contributed by atoms with E-state index in [2.05, 4.69) is 5.32 Å². The SMILES string of the molecule is CC(CO)CNCCCOc1ccc(O)c2c1CCC(=O)N2C. The number of hydrogen-bond donors (Lipinski definition) is 3. The van der Waals surface area contributed by atoms with Crippen molar-refractivity contribution in [1.82, 2.24) is 5.32 Å². The number of nitrogens with zero attached hydrogens (tertiary/aromatic N) is 1. The Bertz CT molecular complexity index is 548. The highest BCUT2D eigenvalue weighted by molar-refractivity contribution is 5.98. The number of nitrogens with one attached hydrogen (secondary N) is 1. The Balaban J connectivity index is 1.88. The van der Waals surface area contributed by atoms with Crippen LogP contribution in [0.1, 0.15) is 25.3 Å². The summed E-state index contributed by atoms with van der Waals surface area (Å²) in [4.78, 5) is 13.3. The topological polar surface area (TPSA) is 82.0 Å². The Hall–Kier alpha value is -1.79. The number of phenols is 1. The van der Waals surface area contributed by atoms with E-state index in [0.717, 1.165) is 30.8 Å². The van der Waals surface area contributed by atoms with Crippen molar-refractivity contribution in [2.45, 2.75) is 26.2 Å². The second-order valence-electron chi connectivity index (χ2n) is 6.06. The Labute approximate surface area is 137 Å². The fourth-order valence-electron chi connectivity index (χ4n) is 2.67. The minimum Gasteiger partial charge on any atom is -0.506 e. The molecule has 0 saturated heterocycles. The molecular weight excluding hydrogens is 296 g/mol. The first-order valence-corrected chi connectivity index (χ1v) is 8.10. The minimum absolute atomic E-state index is 0.00662. The number of aliphatic hydroxyl groups excluding tert-OH is 1. The first-order chi connectivity index (χ1) is 11.0. The molecule has 128 valence electrons. The maximum absolute atomic E-state index is 11.8. The molecule has 1 atom stereocenters. The zero-order valence-corrected chi connectivity index (χ0v) is 13.8. The van der Waals surface area contributed by atoms with Gasteiger partial charge in [-0.1, -0.05) is 6.92 Å². The summed E-state index contributed by atoms with van der Waals surface area (Å²) in [6.45, 7) is 4.36. The molecule has 6 nitrogen and oxygen atoms in total. The summed E-state index contributed by atoms with van der Waals surface area (Å²) in [5.41, 5.74) is 1.46. The van der Waals surface area contributed by atoms with E-state index in [-0.39, 0.29) is 24.2 Å². The van der Waals surface area contributed by atoms with Crippen LogP contribution in [-0.2, 0) is 11.2 Å². The van der Waals surface area contributed by atoms with Crippen LogP contribution in [-0.4, -0.2) is 49.5 Å². The number of phenolic OH excluding ortho intramolecular Hbond substituents is 1. The summed E-state index contributed by atoms with van der Waals surface area (Å²) in [5, 5.41) is 22.2. The van der Waals surface area contributed by atoms with Crippen molar-refractivity contribution in [3.8, 4) is 11.5 Å². The maximum Gasteiger partial charge on any atom is 0.227 e. The standard InChI is InChI=1S/C17H26N2O4/c1-12(11-20)10-18-8-3-9-23-15-6-5-14(21)17-13(15)4-7-16(22)19(17)2/h5-6,12,18,20-21H,3-4,7-11H2,1-2H3. The van der Waals surface area contributed by atoms with Crippen molar-refractivity contribution in [3.63, 3.8) is 0 Å². The Morgan fingerprint density at radius 3 is 2.91 bits per heavy atom. The summed E-state index contributed by atoms with van der Waals surface area (Å²) in [6.07, 6.45) is 1.88. The predicted octanol–water partition coefficient (Wildman–Crippen LogP) is 1.29. The van der Waals surface area contributed by atoms with E-state index >= 15 is 0 Å². The molecule has 6 heteroatoms. The van der Waals surface area contributed by atoms with Gasteiger partial charge < -0.3 is 25.2 Å². The molecule has 0 aromatic heterocycles. The first kappa shape index (κ1) is 17.6. The molecule has 1 amide bonds. The molecule has 23 heavy (non-hydrogen) atoms. The number of hydrogen-bond acceptors (Lipinski definition) is 5. The van der Waals surface area contributed by atoms with E-state index in [9.17, 15) is 9.90 Å². The van der Waals surface area contributed by atoms with Gasteiger partial charge in [-0.05, 0) is 44.0 Å². The van der Waals surface area contributed by atoms with Gasteiger partial charge in [0.15, 0.2) is 0 Å². The van der Waals surface area contributed by atoms with Crippen molar-refractivity contribution < 1.29 is 19.7 Å². The van der Waals surface area contributed by atoms with Crippen molar-refractivity contribution in [2.75, 3.05) is 38.3 Å². The smallest absolute Gasteiger partial charge is 0.227 e. The first-order valence-electron chi connectivity index (χ1n) is 8.10. The normalized spacial score (nSPS) is 15.4. The van der Waals surface area contributed by atoms with Gasteiger partial charge >= 0.3 is 0 Å². The highest BCUT2D eigenvalue weighted by Crippen LogP contribution is 2.40. The molecule has 1 aliphatic rings. The van der Waals surface area contributed by atoms with Crippen LogP contribution in [0.4, 0.5) is 5.69 Å². The molecule has 0 fully saturated rings. The molecule has 1 heterocycles. The molecule has 2 rings (SSSR count). The Morgan fingerprint density at radius 2 is 2.17 bits per heavy atom. The molecule has 0 radical (unpaired) electrons. The van der Waals surface area contributed by atoms with Crippen LogP contribution in [0.25, 0.3) is 0 Å². The summed E-state index contributed by atoms with van der Waals surface area (Å²) in [6, 6.07) is 3.34. The molecule has 1 aromatic rings. The average Bonchev–Trinajstić information content (AvgIpc) is 2.55. The van der Waals surface area contributed by atoms with Gasteiger partial charge in [0.25, 0.3) is 0 Å². The highest BCUT2D eigenvalue weighted by Gasteiger charge is 2.26. The van der Waals surface area contributed by atoms with E-state index in [1.54, 1.807) is 19.2 Å². The number of fused-ring (bicyclic) bond motifs is 1. The maximum atomic E-state index is 11.8. The number of aliphatic hydroxyl groups is 1. The van der Waals surface area contributed by atoms with Crippen molar-refractivity contribution in [2.24, 2.45) is 5.92 Å². The van der Waals surface area contributed by atoms with Gasteiger partial charge in [0.2, 0.25) is 5.91 Å². The lowest BCUT2D eigenvalue weighted by Gasteiger charge is -2.28. The number of carbonyl (C=O) groups is 1. The second kappa shape index (κ2) is 8.17. The van der Waals surface area contributed by atoms with Gasteiger partial charge in [-0.15, -0.1) is 0 Å². The van der Waals surface area contributed by atoms with Gasteiger partial charge in [-0.25, -0.2) is 0 Å². The van der Waals surface area contributed by atoms with Crippen molar-refractivity contribution >= 4 is 11.6 Å². The number of aromatic hydroxyl groups is 1. The third-order valence-corrected chi connectivity index (χ3v) is 4.08. The molecule has 3 N–H and O–H groups in total. The third-order valence-electron chi connectivity index (χ3n) is 4.08. The van der Waals surface area contributed by atoms with Crippen LogP contribution in [0.15, 0.2) is 12.1 Å². The van der Waals surface area contributed by atoms with Crippen LogP contribution in [0.5, 0.6) is 11.5 Å². The van der Waals surface area contributed by atoms with Crippen molar-refractivity contribution in [3.05, 3.63) is 17.7 Å². The number of ether oxygens (including phenoxy) is 1. The van der Waals surface area contributed by atoms with Crippen molar-refractivity contribution in [1.29, 1.82) is 0 Å². The van der Waals surface area contributed by atoms with Gasteiger partial charge in [0, 0.05) is 25.6 Å². The van der Waals surface area contributed by atoms with Gasteiger partial charge in [-0.2, -0.15) is 0 Å². The van der Waals surface area contributed by atoms with Crippen LogP contribution < -0.4 is 15.0 Å². The molecule has 1 aromatic carbocycles. The van der Waals surface area contributed by atoms with Crippen LogP contribution in [0.2, 0.25) is 0 Å². The van der Waals surface area contributed by atoms with Crippen LogP contribution in [0, 0.1) is 5.92 Å². The van der Waals surface area contributed by atoms with Gasteiger partial charge in [0.1, 0.15) is 11.5 Å².